The molecule has 2 atom stereocenters. The lowest BCUT2D eigenvalue weighted by atomic mass is 9.91. The molecule has 0 saturated carbocycles. The van der Waals surface area contributed by atoms with E-state index in [1.807, 2.05) is 31.0 Å². The standard InChI is InChI=1S/C25H28BrN3O3/c1-15(2)20(13-23(30)32-3)25(31)29-10-4-5-22(29)24-27-14-21(28-24)18-7-6-17-12-19(26)9-8-16(17)11-18/h6-9,11-12,14-15,20,22H,4-5,10,13H2,1-3H3,(H,27,28)/t20-,22-/m0/s1. The fourth-order valence-corrected chi connectivity index (χ4v) is 4.81. The van der Waals surface area contributed by atoms with Gasteiger partial charge in [0.15, 0.2) is 0 Å². The third kappa shape index (κ3) is 4.58. The molecule has 6 nitrogen and oxygen atoms in total. The minimum atomic E-state index is -0.391. The highest BCUT2D eigenvalue weighted by atomic mass is 79.9. The molecule has 3 aromatic rings. The number of benzene rings is 2. The number of likely N-dealkylation sites (tertiary alicyclic amines) is 1. The number of nitrogens with zero attached hydrogens (tertiary/aromatic N) is 2. The molecule has 0 aliphatic carbocycles. The van der Waals surface area contributed by atoms with Gasteiger partial charge in [0.05, 0.1) is 37.4 Å². The topological polar surface area (TPSA) is 75.3 Å². The molecule has 2 heterocycles. The number of imidazole rings is 1. The Morgan fingerprint density at radius 2 is 1.97 bits per heavy atom. The number of ether oxygens (including phenoxy) is 1. The monoisotopic (exact) mass is 497 g/mol. The second kappa shape index (κ2) is 9.45. The lowest BCUT2D eigenvalue weighted by molar-refractivity contribution is -0.148. The molecule has 7 heteroatoms. The van der Waals surface area contributed by atoms with Crippen LogP contribution in [0, 0.1) is 11.8 Å². The van der Waals surface area contributed by atoms with E-state index in [4.69, 9.17) is 4.74 Å². The van der Waals surface area contributed by atoms with Gasteiger partial charge in [-0.2, -0.15) is 0 Å². The summed E-state index contributed by atoms with van der Waals surface area (Å²) >= 11 is 3.52. The molecule has 2 aromatic carbocycles. The first kappa shape index (κ1) is 22.5. The number of hydrogen-bond donors (Lipinski definition) is 1. The quantitative estimate of drug-likeness (QED) is 0.456. The van der Waals surface area contributed by atoms with Gasteiger partial charge in [-0.25, -0.2) is 4.98 Å². The predicted octanol–water partition coefficient (Wildman–Crippen LogP) is 5.49. The highest BCUT2D eigenvalue weighted by Gasteiger charge is 2.37. The summed E-state index contributed by atoms with van der Waals surface area (Å²) in [5, 5.41) is 2.32. The summed E-state index contributed by atoms with van der Waals surface area (Å²) < 4.78 is 5.87. The maximum Gasteiger partial charge on any atom is 0.306 e. The fourth-order valence-electron chi connectivity index (χ4n) is 4.44. The van der Waals surface area contributed by atoms with Crippen LogP contribution in [0.15, 0.2) is 47.1 Å². The molecule has 4 rings (SSSR count). The second-order valence-electron chi connectivity index (χ2n) is 8.71. The number of H-pyrrole nitrogens is 1. The van der Waals surface area contributed by atoms with Gasteiger partial charge in [0.1, 0.15) is 5.82 Å². The number of carbonyl (C=O) groups is 2. The fraction of sp³-hybridized carbons (Fsp3) is 0.400. The highest BCUT2D eigenvalue weighted by molar-refractivity contribution is 9.10. The van der Waals surface area contributed by atoms with Crippen LogP contribution in [0.3, 0.4) is 0 Å². The molecule has 1 aliphatic rings. The molecule has 1 aliphatic heterocycles. The summed E-state index contributed by atoms with van der Waals surface area (Å²) in [6, 6.07) is 12.4. The average molecular weight is 498 g/mol. The first-order valence-electron chi connectivity index (χ1n) is 11.0. The molecule has 1 aromatic heterocycles. The van der Waals surface area contributed by atoms with Gasteiger partial charge in [0.2, 0.25) is 5.91 Å². The van der Waals surface area contributed by atoms with Crippen molar-refractivity contribution in [1.29, 1.82) is 0 Å². The zero-order valence-electron chi connectivity index (χ0n) is 18.6. The number of esters is 1. The average Bonchev–Trinajstić information content (AvgIpc) is 3.45. The smallest absolute Gasteiger partial charge is 0.306 e. The molecule has 1 amide bonds. The Kier molecular flexibility index (Phi) is 6.65. The van der Waals surface area contributed by atoms with Gasteiger partial charge in [0.25, 0.3) is 0 Å². The molecular formula is C25H28BrN3O3. The zero-order chi connectivity index (χ0) is 22.8. The van der Waals surface area contributed by atoms with E-state index in [2.05, 4.69) is 56.2 Å². The Morgan fingerprint density at radius 3 is 2.72 bits per heavy atom. The van der Waals surface area contributed by atoms with E-state index < -0.39 is 5.92 Å². The van der Waals surface area contributed by atoms with Crippen LogP contribution in [0.2, 0.25) is 0 Å². The number of carbonyl (C=O) groups excluding carboxylic acids is 2. The molecule has 0 bridgehead atoms. The Labute approximate surface area is 196 Å². The number of fused-ring (bicyclic) bond motifs is 1. The predicted molar refractivity (Wildman–Crippen MR) is 128 cm³/mol. The van der Waals surface area contributed by atoms with Crippen molar-refractivity contribution in [3.63, 3.8) is 0 Å². The van der Waals surface area contributed by atoms with Gasteiger partial charge >= 0.3 is 5.97 Å². The molecule has 1 N–H and O–H groups in total. The first-order chi connectivity index (χ1) is 15.4. The highest BCUT2D eigenvalue weighted by Crippen LogP contribution is 2.35. The summed E-state index contributed by atoms with van der Waals surface area (Å²) in [6.45, 7) is 4.62. The number of rotatable bonds is 6. The van der Waals surface area contributed by atoms with E-state index in [-0.39, 0.29) is 30.3 Å². The molecule has 0 spiro atoms. The van der Waals surface area contributed by atoms with Gasteiger partial charge in [0, 0.05) is 16.6 Å². The van der Waals surface area contributed by atoms with Crippen molar-refractivity contribution >= 4 is 38.6 Å². The molecule has 1 fully saturated rings. The molecular weight excluding hydrogens is 470 g/mol. The van der Waals surface area contributed by atoms with Crippen molar-refractivity contribution in [2.45, 2.75) is 39.2 Å². The van der Waals surface area contributed by atoms with Crippen molar-refractivity contribution in [1.82, 2.24) is 14.9 Å². The summed E-state index contributed by atoms with van der Waals surface area (Å²) in [6.07, 6.45) is 3.71. The summed E-state index contributed by atoms with van der Waals surface area (Å²) in [7, 11) is 1.36. The zero-order valence-corrected chi connectivity index (χ0v) is 20.2. The number of halogens is 1. The third-order valence-corrected chi connectivity index (χ3v) is 6.79. The Hall–Kier alpha value is -2.67. The molecule has 168 valence electrons. The van der Waals surface area contributed by atoms with Crippen LogP contribution in [-0.2, 0) is 14.3 Å². The summed E-state index contributed by atoms with van der Waals surface area (Å²) in [5.74, 6) is 0.103. The van der Waals surface area contributed by atoms with Gasteiger partial charge in [-0.1, -0.05) is 48.0 Å². The summed E-state index contributed by atoms with van der Waals surface area (Å²) in [5.41, 5.74) is 1.99. The van der Waals surface area contributed by atoms with Gasteiger partial charge in [-0.15, -0.1) is 0 Å². The van der Waals surface area contributed by atoms with Crippen LogP contribution in [-0.4, -0.2) is 40.4 Å². The molecule has 0 unspecified atom stereocenters. The van der Waals surface area contributed by atoms with Gasteiger partial charge in [-0.05, 0) is 47.7 Å². The molecule has 32 heavy (non-hydrogen) atoms. The number of hydrogen-bond acceptors (Lipinski definition) is 4. The van der Waals surface area contributed by atoms with Gasteiger partial charge in [-0.3, -0.25) is 9.59 Å². The van der Waals surface area contributed by atoms with Crippen LogP contribution in [0.1, 0.15) is 45.0 Å². The number of aromatic amines is 1. The molecule has 0 radical (unpaired) electrons. The van der Waals surface area contributed by atoms with Crippen LogP contribution < -0.4 is 0 Å². The van der Waals surface area contributed by atoms with E-state index in [1.54, 1.807) is 0 Å². The maximum atomic E-state index is 13.3. The van der Waals surface area contributed by atoms with Crippen LogP contribution >= 0.6 is 15.9 Å². The Balaban J connectivity index is 1.57. The SMILES string of the molecule is COC(=O)C[C@H](C(=O)N1CCC[C@H]1c1ncc(-c2ccc3cc(Br)ccc3c2)[nH]1)C(C)C. The number of aromatic nitrogens is 2. The summed E-state index contributed by atoms with van der Waals surface area (Å²) in [4.78, 5) is 35.2. The van der Waals surface area contributed by atoms with E-state index >= 15 is 0 Å². The Bertz CT molecular complexity index is 1140. The maximum absolute atomic E-state index is 13.3. The van der Waals surface area contributed by atoms with E-state index in [0.717, 1.165) is 39.8 Å². The van der Waals surface area contributed by atoms with Crippen LogP contribution in [0.25, 0.3) is 22.0 Å². The van der Waals surface area contributed by atoms with E-state index in [1.165, 1.54) is 12.5 Å². The van der Waals surface area contributed by atoms with Crippen molar-refractivity contribution in [2.24, 2.45) is 11.8 Å². The number of nitrogens with one attached hydrogen (secondary N) is 1. The second-order valence-corrected chi connectivity index (χ2v) is 9.62. The normalized spacial score (nSPS) is 17.2. The molecule has 1 saturated heterocycles. The minimum Gasteiger partial charge on any atom is -0.469 e. The minimum absolute atomic E-state index is 0.00197. The lowest BCUT2D eigenvalue weighted by Gasteiger charge is -2.29. The number of methoxy groups -OCH3 is 1. The largest absolute Gasteiger partial charge is 0.469 e. The van der Waals surface area contributed by atoms with Crippen molar-refractivity contribution in [2.75, 3.05) is 13.7 Å². The van der Waals surface area contributed by atoms with Crippen LogP contribution in [0.5, 0.6) is 0 Å². The lowest BCUT2D eigenvalue weighted by Crippen LogP contribution is -2.39. The van der Waals surface area contributed by atoms with Gasteiger partial charge < -0.3 is 14.6 Å². The van der Waals surface area contributed by atoms with Crippen molar-refractivity contribution in [3.8, 4) is 11.3 Å². The van der Waals surface area contributed by atoms with E-state index in [0.29, 0.717) is 6.54 Å². The Morgan fingerprint density at radius 1 is 1.22 bits per heavy atom. The van der Waals surface area contributed by atoms with Crippen molar-refractivity contribution < 1.29 is 14.3 Å². The van der Waals surface area contributed by atoms with Crippen molar-refractivity contribution in [3.05, 3.63) is 52.9 Å². The van der Waals surface area contributed by atoms with E-state index in [9.17, 15) is 9.59 Å². The van der Waals surface area contributed by atoms with Crippen LogP contribution in [0.4, 0.5) is 0 Å². The first-order valence-corrected chi connectivity index (χ1v) is 11.8. The third-order valence-electron chi connectivity index (χ3n) is 6.30. The number of amides is 1.